The van der Waals surface area contributed by atoms with Crippen molar-refractivity contribution in [2.24, 2.45) is 0 Å². The van der Waals surface area contributed by atoms with Gasteiger partial charge in [-0.15, -0.1) is 13.2 Å². The van der Waals surface area contributed by atoms with Crippen molar-refractivity contribution in [3.63, 3.8) is 0 Å². The van der Waals surface area contributed by atoms with E-state index in [2.05, 4.69) is 26.3 Å². The van der Waals surface area contributed by atoms with Crippen LogP contribution in [0.25, 0.3) is 10.8 Å². The Morgan fingerprint density at radius 1 is 0.769 bits per heavy atom. The molecule has 0 bridgehead atoms. The first-order chi connectivity index (χ1) is 18.7. The first kappa shape index (κ1) is 31.3. The van der Waals surface area contributed by atoms with Gasteiger partial charge in [-0.3, -0.25) is 0 Å². The zero-order valence-electron chi connectivity index (χ0n) is 23.0. The lowest BCUT2D eigenvalue weighted by Gasteiger charge is -2.21. The van der Waals surface area contributed by atoms with Gasteiger partial charge < -0.3 is 28.4 Å². The van der Waals surface area contributed by atoms with E-state index in [0.717, 1.165) is 16.3 Å². The molecule has 0 spiro atoms. The van der Waals surface area contributed by atoms with Crippen LogP contribution in [0.4, 0.5) is 0 Å². The largest absolute Gasteiger partial charge is 0.489 e. The molecular formula is C31H38O8. The third-order valence-corrected chi connectivity index (χ3v) is 5.33. The fraction of sp³-hybridized carbons (Fsp3) is 0.355. The van der Waals surface area contributed by atoms with Crippen molar-refractivity contribution in [2.75, 3.05) is 39.6 Å². The van der Waals surface area contributed by atoms with E-state index in [0.29, 0.717) is 24.7 Å². The quantitative estimate of drug-likeness (QED) is 0.110. The average Bonchev–Trinajstić information content (AvgIpc) is 2.90. The molecule has 0 fully saturated rings. The molecule has 0 aliphatic carbocycles. The molecular weight excluding hydrogens is 500 g/mol. The molecule has 2 atom stereocenters. The van der Waals surface area contributed by atoms with Crippen LogP contribution in [-0.2, 0) is 28.5 Å². The highest BCUT2D eigenvalue weighted by atomic mass is 16.6. The maximum absolute atomic E-state index is 12.1. The van der Waals surface area contributed by atoms with Crippen molar-refractivity contribution < 1.29 is 38.0 Å². The summed E-state index contributed by atoms with van der Waals surface area (Å²) < 4.78 is 34.2. The monoisotopic (exact) mass is 538 g/mol. The second-order valence-corrected chi connectivity index (χ2v) is 8.95. The van der Waals surface area contributed by atoms with Crippen molar-refractivity contribution in [1.29, 1.82) is 0 Å². The molecule has 210 valence electrons. The van der Waals surface area contributed by atoms with Crippen molar-refractivity contribution in [2.45, 2.75) is 33.0 Å². The van der Waals surface area contributed by atoms with Gasteiger partial charge in [-0.1, -0.05) is 49.6 Å². The second-order valence-electron chi connectivity index (χ2n) is 8.95. The molecule has 0 aliphatic heterocycles. The van der Waals surface area contributed by atoms with E-state index in [4.69, 9.17) is 28.4 Å². The van der Waals surface area contributed by atoms with Crippen molar-refractivity contribution in [3.8, 4) is 11.5 Å². The fourth-order valence-electron chi connectivity index (χ4n) is 3.39. The number of rotatable bonds is 18. The summed E-state index contributed by atoms with van der Waals surface area (Å²) in [5.41, 5.74) is 1.46. The highest BCUT2D eigenvalue weighted by Crippen LogP contribution is 2.35. The molecule has 0 aromatic heterocycles. The van der Waals surface area contributed by atoms with Gasteiger partial charge in [0, 0.05) is 21.9 Å². The number of esters is 2. The first-order valence-corrected chi connectivity index (χ1v) is 12.6. The van der Waals surface area contributed by atoms with Gasteiger partial charge in [0.2, 0.25) is 0 Å². The number of ether oxygens (including phenoxy) is 6. The van der Waals surface area contributed by atoms with Gasteiger partial charge in [0.1, 0.15) is 24.7 Å². The van der Waals surface area contributed by atoms with Crippen LogP contribution in [-0.4, -0.2) is 63.8 Å². The van der Waals surface area contributed by atoms with Gasteiger partial charge in [0.15, 0.2) is 12.2 Å². The van der Waals surface area contributed by atoms with Gasteiger partial charge in [-0.25, -0.2) is 9.59 Å². The summed E-state index contributed by atoms with van der Waals surface area (Å²) in [6.07, 6.45) is 1.93. The van der Waals surface area contributed by atoms with E-state index < -0.39 is 24.1 Å². The summed E-state index contributed by atoms with van der Waals surface area (Å²) in [4.78, 5) is 24.2. The highest BCUT2D eigenvalue weighted by Gasteiger charge is 2.20. The second kappa shape index (κ2) is 16.2. The molecule has 0 N–H and O–H groups in total. The fourth-order valence-corrected chi connectivity index (χ4v) is 3.39. The SMILES string of the molecule is C=CCOCC(COc1cccc2c(OCC(COCC=C)OC(=O)C(=C)C)c(C)ccc12)OC(=O)C(=C)C. The number of hydrogen-bond acceptors (Lipinski definition) is 8. The van der Waals surface area contributed by atoms with E-state index in [9.17, 15) is 9.59 Å². The van der Waals surface area contributed by atoms with Crippen LogP contribution in [0.3, 0.4) is 0 Å². The van der Waals surface area contributed by atoms with Crippen LogP contribution in [0.1, 0.15) is 19.4 Å². The van der Waals surface area contributed by atoms with Crippen LogP contribution in [0.15, 0.2) is 79.9 Å². The lowest BCUT2D eigenvalue weighted by atomic mass is 10.1. The maximum Gasteiger partial charge on any atom is 0.333 e. The van der Waals surface area contributed by atoms with Crippen molar-refractivity contribution in [3.05, 3.63) is 85.5 Å². The van der Waals surface area contributed by atoms with E-state index in [1.54, 1.807) is 26.0 Å². The number of aryl methyl sites for hydroxylation is 1. The Morgan fingerprint density at radius 2 is 1.31 bits per heavy atom. The number of benzene rings is 2. The Morgan fingerprint density at radius 3 is 1.82 bits per heavy atom. The molecule has 8 heteroatoms. The van der Waals surface area contributed by atoms with Gasteiger partial charge in [0.25, 0.3) is 0 Å². The lowest BCUT2D eigenvalue weighted by Crippen LogP contribution is -2.30. The average molecular weight is 539 g/mol. The summed E-state index contributed by atoms with van der Waals surface area (Å²) in [7, 11) is 0. The van der Waals surface area contributed by atoms with Crippen LogP contribution in [0.5, 0.6) is 11.5 Å². The first-order valence-electron chi connectivity index (χ1n) is 12.6. The molecule has 0 heterocycles. The van der Waals surface area contributed by atoms with Crippen molar-refractivity contribution >= 4 is 22.7 Å². The van der Waals surface area contributed by atoms with E-state index in [1.165, 1.54) is 0 Å². The van der Waals surface area contributed by atoms with Gasteiger partial charge in [-0.2, -0.15) is 0 Å². The Hall–Kier alpha value is -3.88. The summed E-state index contributed by atoms with van der Waals surface area (Å²) in [5, 5.41) is 1.61. The summed E-state index contributed by atoms with van der Waals surface area (Å²) in [5.74, 6) is 0.166. The van der Waals surface area contributed by atoms with E-state index >= 15 is 0 Å². The molecule has 8 nitrogen and oxygen atoms in total. The molecule has 0 amide bonds. The predicted octanol–water partition coefficient (Wildman–Crippen LogP) is 5.29. The van der Waals surface area contributed by atoms with Crippen LogP contribution < -0.4 is 9.47 Å². The molecule has 0 saturated carbocycles. The molecule has 2 rings (SSSR count). The van der Waals surface area contributed by atoms with E-state index in [-0.39, 0.29) is 37.6 Å². The van der Waals surface area contributed by atoms with E-state index in [1.807, 2.05) is 37.3 Å². The number of fused-ring (bicyclic) bond motifs is 1. The minimum Gasteiger partial charge on any atom is -0.489 e. The van der Waals surface area contributed by atoms with Gasteiger partial charge in [0.05, 0.1) is 26.4 Å². The van der Waals surface area contributed by atoms with Crippen LogP contribution in [0.2, 0.25) is 0 Å². The molecule has 0 saturated heterocycles. The maximum atomic E-state index is 12.1. The standard InChI is InChI=1S/C31H38O8/c1-8-15-34-17-24(38-30(32)21(3)4)19-36-28-12-10-11-27-26(28)14-13-23(7)29(27)37-20-25(18-35-16-9-2)39-31(33)22(5)6/h8-14,24-25H,1-3,5,15-20H2,4,6-7H3. The number of carbonyl (C=O) groups is 2. The normalized spacial score (nSPS) is 12.2. The smallest absolute Gasteiger partial charge is 0.333 e. The molecule has 0 radical (unpaired) electrons. The molecule has 2 aromatic rings. The minimum absolute atomic E-state index is 0.0684. The summed E-state index contributed by atoms with van der Waals surface area (Å²) in [6, 6.07) is 9.43. The Labute approximate surface area is 230 Å². The van der Waals surface area contributed by atoms with Gasteiger partial charge in [-0.05, 0) is 32.4 Å². The van der Waals surface area contributed by atoms with Crippen LogP contribution in [0, 0.1) is 6.92 Å². The predicted molar refractivity (Wildman–Crippen MR) is 151 cm³/mol. The minimum atomic E-state index is -0.650. The molecule has 2 unspecified atom stereocenters. The highest BCUT2D eigenvalue weighted by molar-refractivity contribution is 5.94. The van der Waals surface area contributed by atoms with Crippen LogP contribution >= 0.6 is 0 Å². The van der Waals surface area contributed by atoms with Crippen molar-refractivity contribution in [1.82, 2.24) is 0 Å². The molecule has 2 aromatic carbocycles. The molecule has 0 aliphatic rings. The third kappa shape index (κ3) is 10.1. The zero-order valence-corrected chi connectivity index (χ0v) is 23.0. The lowest BCUT2D eigenvalue weighted by molar-refractivity contribution is -0.149. The van der Waals surface area contributed by atoms with Gasteiger partial charge >= 0.3 is 11.9 Å². The summed E-state index contributed by atoms with van der Waals surface area (Å²) in [6.45, 7) is 20.7. The Balaban J connectivity index is 2.23. The number of hydrogen-bond donors (Lipinski definition) is 0. The summed E-state index contributed by atoms with van der Waals surface area (Å²) >= 11 is 0. The Kier molecular flexibility index (Phi) is 13.0. The third-order valence-electron chi connectivity index (χ3n) is 5.33. The number of carbonyl (C=O) groups excluding carboxylic acids is 2. The molecule has 39 heavy (non-hydrogen) atoms. The topological polar surface area (TPSA) is 89.5 Å². The zero-order chi connectivity index (χ0) is 28.8. The Bertz CT molecular complexity index is 1180.